The Balaban J connectivity index is 1.70. The molecule has 6 nitrogen and oxygen atoms in total. The molecule has 4 rings (SSSR count). The average molecular weight is 437 g/mol. The molecule has 7 heteroatoms. The fourth-order valence-electron chi connectivity index (χ4n) is 3.75. The summed E-state index contributed by atoms with van der Waals surface area (Å²) in [5.74, 6) is 0.282. The normalized spacial score (nSPS) is 13.5. The Morgan fingerprint density at radius 2 is 1.68 bits per heavy atom. The molecule has 158 valence electrons. The number of nitrogens with zero attached hydrogens (tertiary/aromatic N) is 1. The summed E-state index contributed by atoms with van der Waals surface area (Å²) in [5, 5.41) is 3.21. The van der Waals surface area contributed by atoms with Crippen molar-refractivity contribution in [2.45, 2.75) is 12.6 Å². The zero-order valence-electron chi connectivity index (χ0n) is 17.1. The Morgan fingerprint density at radius 3 is 2.35 bits per heavy atom. The predicted molar refractivity (Wildman–Crippen MR) is 119 cm³/mol. The molecule has 1 aliphatic heterocycles. The quantitative estimate of drug-likeness (QED) is 0.608. The van der Waals surface area contributed by atoms with Crippen LogP contribution in [0.5, 0.6) is 11.5 Å². The lowest BCUT2D eigenvalue weighted by Gasteiger charge is -2.27. The lowest BCUT2D eigenvalue weighted by molar-refractivity contribution is -0.120. The summed E-state index contributed by atoms with van der Waals surface area (Å²) in [6, 6.07) is 19.0. The van der Waals surface area contributed by atoms with Crippen molar-refractivity contribution in [3.05, 3.63) is 88.4 Å². The van der Waals surface area contributed by atoms with E-state index in [0.29, 0.717) is 39.9 Å². The molecule has 1 unspecified atom stereocenters. The monoisotopic (exact) mass is 436 g/mol. The van der Waals surface area contributed by atoms with Gasteiger partial charge in [-0.05, 0) is 23.3 Å². The molecule has 3 aromatic carbocycles. The van der Waals surface area contributed by atoms with E-state index in [2.05, 4.69) is 5.32 Å². The summed E-state index contributed by atoms with van der Waals surface area (Å²) in [6.07, 6.45) is 0. The van der Waals surface area contributed by atoms with Crippen molar-refractivity contribution in [2.24, 2.45) is 0 Å². The standard InChI is InChI=1S/C24H21ClN2O4/c1-30-20-13-21(31-2)19(12-18(20)25)26-23(28)22(15-8-4-3-5-9-15)27-14-16-10-6-7-11-17(16)24(27)29/h3-13,22H,14H2,1-2H3,(H,26,28). The lowest BCUT2D eigenvalue weighted by Crippen LogP contribution is -2.37. The van der Waals surface area contributed by atoms with Crippen LogP contribution in [0.1, 0.15) is 27.5 Å². The minimum absolute atomic E-state index is 0.181. The van der Waals surface area contributed by atoms with Gasteiger partial charge in [0, 0.05) is 18.2 Å². The number of anilines is 1. The Morgan fingerprint density at radius 1 is 1.00 bits per heavy atom. The summed E-state index contributed by atoms with van der Waals surface area (Å²) in [5.41, 5.74) is 2.61. The van der Waals surface area contributed by atoms with Gasteiger partial charge in [-0.25, -0.2) is 0 Å². The first-order valence-corrected chi connectivity index (χ1v) is 10.1. The van der Waals surface area contributed by atoms with Gasteiger partial charge in [0.1, 0.15) is 17.5 Å². The number of hydrogen-bond acceptors (Lipinski definition) is 4. The number of carbonyl (C=O) groups excluding carboxylic acids is 2. The molecule has 1 heterocycles. The number of halogens is 1. The van der Waals surface area contributed by atoms with Gasteiger partial charge in [0.25, 0.3) is 11.8 Å². The first kappa shape index (κ1) is 20.8. The van der Waals surface area contributed by atoms with Crippen LogP contribution >= 0.6 is 11.6 Å². The number of hydrogen-bond donors (Lipinski definition) is 1. The molecule has 0 spiro atoms. The van der Waals surface area contributed by atoms with Crippen LogP contribution in [0, 0.1) is 0 Å². The topological polar surface area (TPSA) is 67.9 Å². The first-order valence-electron chi connectivity index (χ1n) is 9.69. The molecule has 31 heavy (non-hydrogen) atoms. The minimum atomic E-state index is -0.827. The number of carbonyl (C=O) groups is 2. The molecule has 0 fully saturated rings. The van der Waals surface area contributed by atoms with E-state index >= 15 is 0 Å². The minimum Gasteiger partial charge on any atom is -0.495 e. The Kier molecular flexibility index (Phi) is 5.82. The zero-order chi connectivity index (χ0) is 22.0. The van der Waals surface area contributed by atoms with Crippen LogP contribution in [0.3, 0.4) is 0 Å². The van der Waals surface area contributed by atoms with E-state index in [4.69, 9.17) is 21.1 Å². The SMILES string of the molecule is COc1cc(OC)c(NC(=O)C(c2ccccc2)N2Cc3ccccc3C2=O)cc1Cl. The van der Waals surface area contributed by atoms with Gasteiger partial charge < -0.3 is 19.7 Å². The number of ether oxygens (including phenoxy) is 2. The summed E-state index contributed by atoms with van der Waals surface area (Å²) >= 11 is 6.25. The first-order chi connectivity index (χ1) is 15.0. The van der Waals surface area contributed by atoms with Gasteiger partial charge in [0.2, 0.25) is 0 Å². The highest BCUT2D eigenvalue weighted by Crippen LogP contribution is 2.37. The third-order valence-electron chi connectivity index (χ3n) is 5.26. The molecule has 1 atom stereocenters. The van der Waals surface area contributed by atoms with Crippen LogP contribution < -0.4 is 14.8 Å². The average Bonchev–Trinajstić information content (AvgIpc) is 3.11. The van der Waals surface area contributed by atoms with Crippen molar-refractivity contribution in [2.75, 3.05) is 19.5 Å². The van der Waals surface area contributed by atoms with Crippen molar-refractivity contribution in [1.82, 2.24) is 4.90 Å². The fourth-order valence-corrected chi connectivity index (χ4v) is 3.99. The van der Waals surface area contributed by atoms with Gasteiger partial charge in [0.15, 0.2) is 0 Å². The van der Waals surface area contributed by atoms with Gasteiger partial charge in [-0.3, -0.25) is 9.59 Å². The van der Waals surface area contributed by atoms with Crippen LogP contribution in [0.4, 0.5) is 5.69 Å². The number of fused-ring (bicyclic) bond motifs is 1. The summed E-state index contributed by atoms with van der Waals surface area (Å²) in [7, 11) is 2.99. The van der Waals surface area contributed by atoms with Crippen molar-refractivity contribution in [3.63, 3.8) is 0 Å². The van der Waals surface area contributed by atoms with Gasteiger partial charge in [0.05, 0.1) is 24.9 Å². The predicted octanol–water partition coefficient (Wildman–Crippen LogP) is 4.69. The summed E-state index contributed by atoms with van der Waals surface area (Å²) in [6.45, 7) is 0.350. The van der Waals surface area contributed by atoms with Crippen molar-refractivity contribution in [3.8, 4) is 11.5 Å². The summed E-state index contributed by atoms with van der Waals surface area (Å²) < 4.78 is 10.6. The summed E-state index contributed by atoms with van der Waals surface area (Å²) in [4.78, 5) is 28.2. The van der Waals surface area contributed by atoms with E-state index < -0.39 is 6.04 Å². The number of benzene rings is 3. The molecule has 0 radical (unpaired) electrons. The van der Waals surface area contributed by atoms with Gasteiger partial charge in [-0.1, -0.05) is 60.1 Å². The Bertz CT molecular complexity index is 1130. The van der Waals surface area contributed by atoms with Crippen LogP contribution in [0.25, 0.3) is 0 Å². The maximum atomic E-state index is 13.5. The van der Waals surface area contributed by atoms with Gasteiger partial charge >= 0.3 is 0 Å². The van der Waals surface area contributed by atoms with Gasteiger partial charge in [-0.15, -0.1) is 0 Å². The molecule has 0 saturated heterocycles. The number of rotatable bonds is 6. The van der Waals surface area contributed by atoms with Crippen LogP contribution in [0.2, 0.25) is 5.02 Å². The molecular formula is C24H21ClN2O4. The molecule has 0 aromatic heterocycles. The number of nitrogens with one attached hydrogen (secondary N) is 1. The highest BCUT2D eigenvalue weighted by molar-refractivity contribution is 6.32. The second-order valence-corrected chi connectivity index (χ2v) is 7.49. The van der Waals surface area contributed by atoms with E-state index in [-0.39, 0.29) is 11.8 Å². The maximum Gasteiger partial charge on any atom is 0.255 e. The second-order valence-electron chi connectivity index (χ2n) is 7.08. The third kappa shape index (κ3) is 3.94. The molecule has 0 aliphatic carbocycles. The van der Waals surface area contributed by atoms with Crippen molar-refractivity contribution < 1.29 is 19.1 Å². The number of amides is 2. The van der Waals surface area contributed by atoms with E-state index in [9.17, 15) is 9.59 Å². The molecule has 3 aromatic rings. The third-order valence-corrected chi connectivity index (χ3v) is 5.55. The maximum absolute atomic E-state index is 13.5. The van der Waals surface area contributed by atoms with Crippen molar-refractivity contribution >= 4 is 29.1 Å². The zero-order valence-corrected chi connectivity index (χ0v) is 17.8. The van der Waals surface area contributed by atoms with E-state index in [1.165, 1.54) is 14.2 Å². The molecule has 0 saturated carbocycles. The number of methoxy groups -OCH3 is 2. The Labute approximate surface area is 185 Å². The smallest absolute Gasteiger partial charge is 0.255 e. The van der Waals surface area contributed by atoms with Crippen LogP contribution in [0.15, 0.2) is 66.7 Å². The lowest BCUT2D eigenvalue weighted by atomic mass is 10.0. The molecule has 0 bridgehead atoms. The van der Waals surface area contributed by atoms with E-state index in [1.54, 1.807) is 23.1 Å². The van der Waals surface area contributed by atoms with Crippen LogP contribution in [-0.4, -0.2) is 30.9 Å². The fraction of sp³-hybridized carbons (Fsp3) is 0.167. The molecule has 1 N–H and O–H groups in total. The second kappa shape index (κ2) is 8.70. The van der Waals surface area contributed by atoms with Crippen molar-refractivity contribution in [1.29, 1.82) is 0 Å². The molecular weight excluding hydrogens is 416 g/mol. The Hall–Kier alpha value is -3.51. The molecule has 1 aliphatic rings. The van der Waals surface area contributed by atoms with E-state index in [1.807, 2.05) is 48.5 Å². The van der Waals surface area contributed by atoms with Gasteiger partial charge in [-0.2, -0.15) is 0 Å². The molecule has 2 amide bonds. The van der Waals surface area contributed by atoms with E-state index in [0.717, 1.165) is 5.56 Å². The largest absolute Gasteiger partial charge is 0.495 e. The highest BCUT2D eigenvalue weighted by Gasteiger charge is 2.37. The highest BCUT2D eigenvalue weighted by atomic mass is 35.5. The van der Waals surface area contributed by atoms with Crippen LogP contribution in [-0.2, 0) is 11.3 Å².